The molecule has 166 valence electrons. The van der Waals surface area contributed by atoms with Crippen LogP contribution in [0.15, 0.2) is 73.3 Å². The molecule has 34 heavy (non-hydrogen) atoms. The number of nitrogens with one attached hydrogen (secondary N) is 1. The number of imidazole rings is 2. The normalized spacial score (nSPS) is 10.7. The second kappa shape index (κ2) is 8.48. The van der Waals surface area contributed by atoms with Crippen molar-refractivity contribution in [3.8, 4) is 34.4 Å². The average molecular weight is 453 g/mol. The van der Waals surface area contributed by atoms with E-state index in [4.69, 9.17) is 0 Å². The molecular formula is C24H16FN7O2. The Labute approximate surface area is 192 Å². The van der Waals surface area contributed by atoms with Crippen LogP contribution in [0.25, 0.3) is 34.0 Å². The van der Waals surface area contributed by atoms with Gasteiger partial charge < -0.3 is 4.74 Å². The Balaban J connectivity index is 1.57. The fraction of sp³-hybridized carbons (Fsp3) is 0.0417. The van der Waals surface area contributed by atoms with Crippen LogP contribution >= 0.6 is 0 Å². The highest BCUT2D eigenvalue weighted by molar-refractivity contribution is 5.83. The molecule has 10 heteroatoms. The van der Waals surface area contributed by atoms with Crippen molar-refractivity contribution in [1.82, 2.24) is 23.9 Å². The summed E-state index contributed by atoms with van der Waals surface area (Å²) in [5, 5.41) is 12.1. The van der Waals surface area contributed by atoms with Gasteiger partial charge in [0.05, 0.1) is 25.2 Å². The molecule has 0 unspecified atom stereocenters. The number of rotatable bonds is 4. The lowest BCUT2D eigenvalue weighted by Gasteiger charge is -2.10. The monoisotopic (exact) mass is 453 g/mol. The largest absolute Gasteiger partial charge is 0.453 e. The van der Waals surface area contributed by atoms with Crippen LogP contribution in [0.5, 0.6) is 0 Å². The van der Waals surface area contributed by atoms with E-state index < -0.39 is 6.09 Å². The number of aromatic nitrogens is 5. The zero-order chi connectivity index (χ0) is 23.7. The maximum absolute atomic E-state index is 13.5. The predicted molar refractivity (Wildman–Crippen MR) is 122 cm³/mol. The van der Waals surface area contributed by atoms with Gasteiger partial charge in [-0.2, -0.15) is 5.26 Å². The number of nitrogens with zero attached hydrogens (tertiary/aromatic N) is 6. The van der Waals surface area contributed by atoms with Gasteiger partial charge in [-0.05, 0) is 48.5 Å². The number of amides is 1. The van der Waals surface area contributed by atoms with Crippen molar-refractivity contribution in [1.29, 1.82) is 5.26 Å². The number of fused-ring (bicyclic) bond motifs is 1. The van der Waals surface area contributed by atoms with Crippen LogP contribution in [0.1, 0.15) is 5.69 Å². The third-order valence-electron chi connectivity index (χ3n) is 5.20. The molecule has 0 bridgehead atoms. The predicted octanol–water partition coefficient (Wildman–Crippen LogP) is 4.44. The zero-order valence-electron chi connectivity index (χ0n) is 17.8. The maximum atomic E-state index is 13.5. The summed E-state index contributed by atoms with van der Waals surface area (Å²) in [5.74, 6) is 0.519. The third kappa shape index (κ3) is 3.71. The van der Waals surface area contributed by atoms with Gasteiger partial charge in [0, 0.05) is 29.2 Å². The summed E-state index contributed by atoms with van der Waals surface area (Å²) >= 11 is 0. The molecule has 0 saturated heterocycles. The molecule has 1 aromatic carbocycles. The van der Waals surface area contributed by atoms with E-state index in [2.05, 4.69) is 31.1 Å². The van der Waals surface area contributed by atoms with E-state index in [1.165, 1.54) is 25.4 Å². The molecule has 0 saturated carbocycles. The van der Waals surface area contributed by atoms with Crippen molar-refractivity contribution < 1.29 is 13.9 Å². The smallest absolute Gasteiger partial charge is 0.412 e. The first-order chi connectivity index (χ1) is 16.6. The Morgan fingerprint density at radius 3 is 2.50 bits per heavy atom. The molecule has 0 spiro atoms. The van der Waals surface area contributed by atoms with Gasteiger partial charge in [0.1, 0.15) is 34.9 Å². The number of hydrogen-bond donors (Lipinski definition) is 1. The van der Waals surface area contributed by atoms with Gasteiger partial charge >= 0.3 is 6.09 Å². The first-order valence-electron chi connectivity index (χ1n) is 10.1. The molecule has 1 N–H and O–H groups in total. The second-order valence-electron chi connectivity index (χ2n) is 7.23. The fourth-order valence-corrected chi connectivity index (χ4v) is 3.59. The molecule has 9 nitrogen and oxygen atoms in total. The van der Waals surface area contributed by atoms with E-state index in [0.717, 1.165) is 16.8 Å². The standard InChI is InChI=1S/C24H16FN7O2/c1-34-24(33)30-21-8-2-15(11-27-21)20-13-28-22-9-3-16(14-31(20)22)23-29-12-19(10-26)32(23)18-6-4-17(25)5-7-18/h2-9,11-14H,1H3,(H,27,30,33). The number of pyridine rings is 2. The van der Waals surface area contributed by atoms with Crippen LogP contribution < -0.4 is 5.32 Å². The molecule has 4 aromatic heterocycles. The Hall–Kier alpha value is -5.04. The van der Waals surface area contributed by atoms with Gasteiger partial charge in [-0.3, -0.25) is 14.3 Å². The minimum Gasteiger partial charge on any atom is -0.453 e. The topological polar surface area (TPSA) is 110 Å². The van der Waals surface area contributed by atoms with E-state index >= 15 is 0 Å². The van der Waals surface area contributed by atoms with Gasteiger partial charge in [0.25, 0.3) is 0 Å². The maximum Gasteiger partial charge on any atom is 0.412 e. The SMILES string of the molecule is COC(=O)Nc1ccc(-c2cnc3ccc(-c4ncc(C#N)n4-c4ccc(F)cc4)cn23)cn1. The van der Waals surface area contributed by atoms with E-state index in [0.29, 0.717) is 28.7 Å². The Morgan fingerprint density at radius 1 is 1.00 bits per heavy atom. The van der Waals surface area contributed by atoms with Gasteiger partial charge in [-0.15, -0.1) is 0 Å². The molecule has 0 aliphatic carbocycles. The lowest BCUT2D eigenvalue weighted by Crippen LogP contribution is -2.11. The molecule has 0 radical (unpaired) electrons. The van der Waals surface area contributed by atoms with Crippen molar-refractivity contribution >= 4 is 17.6 Å². The lowest BCUT2D eigenvalue weighted by molar-refractivity contribution is 0.187. The quantitative estimate of drug-likeness (QED) is 0.431. The highest BCUT2D eigenvalue weighted by atomic mass is 19.1. The minimum atomic E-state index is -0.604. The number of carbonyl (C=O) groups excluding carboxylic acids is 1. The van der Waals surface area contributed by atoms with Crippen molar-refractivity contribution in [2.75, 3.05) is 12.4 Å². The van der Waals surface area contributed by atoms with Gasteiger partial charge in [-0.1, -0.05) is 0 Å². The van der Waals surface area contributed by atoms with Crippen LogP contribution in [-0.4, -0.2) is 37.1 Å². The zero-order valence-corrected chi connectivity index (χ0v) is 17.8. The fourth-order valence-electron chi connectivity index (χ4n) is 3.59. The van der Waals surface area contributed by atoms with Crippen molar-refractivity contribution in [3.05, 3.63) is 84.8 Å². The molecule has 5 aromatic rings. The number of hydrogen-bond acceptors (Lipinski definition) is 6. The van der Waals surface area contributed by atoms with Crippen molar-refractivity contribution in [2.45, 2.75) is 0 Å². The summed E-state index contributed by atoms with van der Waals surface area (Å²) in [7, 11) is 1.28. The molecule has 0 aliphatic rings. The van der Waals surface area contributed by atoms with Crippen molar-refractivity contribution in [2.24, 2.45) is 0 Å². The van der Waals surface area contributed by atoms with Crippen LogP contribution in [0, 0.1) is 17.1 Å². The second-order valence-corrected chi connectivity index (χ2v) is 7.23. The molecule has 0 fully saturated rings. The van der Waals surface area contributed by atoms with E-state index in [9.17, 15) is 14.4 Å². The highest BCUT2D eigenvalue weighted by Gasteiger charge is 2.16. The van der Waals surface area contributed by atoms with Crippen LogP contribution in [0.3, 0.4) is 0 Å². The number of halogens is 1. The number of benzene rings is 1. The van der Waals surface area contributed by atoms with Crippen molar-refractivity contribution in [3.63, 3.8) is 0 Å². The lowest BCUT2D eigenvalue weighted by atomic mass is 10.2. The Bertz CT molecular complexity index is 1550. The number of methoxy groups -OCH3 is 1. The summed E-state index contributed by atoms with van der Waals surface area (Å²) in [6.45, 7) is 0. The Kier molecular flexibility index (Phi) is 5.20. The molecule has 5 rings (SSSR count). The summed E-state index contributed by atoms with van der Waals surface area (Å²) in [4.78, 5) is 24.5. The first-order valence-corrected chi connectivity index (χ1v) is 10.1. The summed E-state index contributed by atoms with van der Waals surface area (Å²) < 4.78 is 21.6. The molecule has 1 amide bonds. The van der Waals surface area contributed by atoms with Crippen LogP contribution in [0.4, 0.5) is 15.0 Å². The first kappa shape index (κ1) is 20.8. The van der Waals surface area contributed by atoms with E-state index in [1.807, 2.05) is 28.8 Å². The van der Waals surface area contributed by atoms with Gasteiger partial charge in [-0.25, -0.2) is 24.1 Å². The molecule has 4 heterocycles. The summed E-state index contributed by atoms with van der Waals surface area (Å²) in [5.41, 5.74) is 3.93. The summed E-state index contributed by atoms with van der Waals surface area (Å²) in [6.07, 6.45) is 6.08. The van der Waals surface area contributed by atoms with E-state index in [-0.39, 0.29) is 5.82 Å². The highest BCUT2D eigenvalue weighted by Crippen LogP contribution is 2.27. The number of anilines is 1. The summed E-state index contributed by atoms with van der Waals surface area (Å²) in [6, 6.07) is 15.2. The van der Waals surface area contributed by atoms with Crippen LogP contribution in [-0.2, 0) is 4.74 Å². The number of ether oxygens (including phenoxy) is 1. The minimum absolute atomic E-state index is 0.324. The Morgan fingerprint density at radius 2 is 1.79 bits per heavy atom. The number of nitriles is 1. The average Bonchev–Trinajstić information content (AvgIpc) is 3.49. The van der Waals surface area contributed by atoms with E-state index in [1.54, 1.807) is 35.2 Å². The third-order valence-corrected chi connectivity index (χ3v) is 5.20. The molecule has 0 aliphatic heterocycles. The molecular weight excluding hydrogens is 437 g/mol. The number of carbonyl (C=O) groups is 1. The molecule has 0 atom stereocenters. The van der Waals surface area contributed by atoms with Gasteiger partial charge in [0.15, 0.2) is 0 Å². The van der Waals surface area contributed by atoms with Crippen LogP contribution in [0.2, 0.25) is 0 Å². The van der Waals surface area contributed by atoms with Gasteiger partial charge in [0.2, 0.25) is 0 Å².